The van der Waals surface area contributed by atoms with Gasteiger partial charge in [-0.05, 0) is 42.3 Å². The van der Waals surface area contributed by atoms with Crippen molar-refractivity contribution < 1.29 is 24.4 Å². The molecule has 0 unspecified atom stereocenters. The first-order valence-electron chi connectivity index (χ1n) is 7.54. The first kappa shape index (κ1) is 14.5. The van der Waals surface area contributed by atoms with Crippen molar-refractivity contribution in [1.82, 2.24) is 0 Å². The summed E-state index contributed by atoms with van der Waals surface area (Å²) in [7, 11) is 0. The molecule has 0 atom stereocenters. The van der Waals surface area contributed by atoms with Gasteiger partial charge in [0.1, 0.15) is 18.1 Å². The summed E-state index contributed by atoms with van der Waals surface area (Å²) in [5, 5.41) is 19.1. The largest absolute Gasteiger partial charge is 0.508 e. The van der Waals surface area contributed by atoms with E-state index in [0.717, 1.165) is 11.1 Å². The van der Waals surface area contributed by atoms with Crippen molar-refractivity contribution in [2.24, 2.45) is 0 Å². The number of benzene rings is 2. The maximum atomic E-state index is 9.53. The average molecular weight is 314 g/mol. The van der Waals surface area contributed by atoms with Crippen molar-refractivity contribution >= 4 is 0 Å². The first-order valence-corrected chi connectivity index (χ1v) is 7.54. The van der Waals surface area contributed by atoms with Gasteiger partial charge >= 0.3 is 0 Å². The van der Waals surface area contributed by atoms with E-state index >= 15 is 0 Å². The highest BCUT2D eigenvalue weighted by Crippen LogP contribution is 2.56. The van der Waals surface area contributed by atoms with Gasteiger partial charge in [0, 0.05) is 5.41 Å². The van der Waals surface area contributed by atoms with Gasteiger partial charge in [-0.25, -0.2) is 0 Å². The maximum absolute atomic E-state index is 9.53. The third-order valence-electron chi connectivity index (χ3n) is 4.56. The van der Waals surface area contributed by atoms with Crippen LogP contribution < -0.4 is 0 Å². The van der Waals surface area contributed by atoms with Gasteiger partial charge in [0.2, 0.25) is 12.1 Å². The summed E-state index contributed by atoms with van der Waals surface area (Å²) in [6.07, 6.45) is -0.0731. The monoisotopic (exact) mass is 314 g/mol. The summed E-state index contributed by atoms with van der Waals surface area (Å²) < 4.78 is 16.3. The molecule has 2 saturated heterocycles. The first-order chi connectivity index (χ1) is 11.0. The third-order valence-corrected chi connectivity index (χ3v) is 4.56. The Morgan fingerprint density at radius 3 is 1.78 bits per heavy atom. The number of fused-ring (bicyclic) bond motifs is 1. The molecular formula is C18H18O5. The molecule has 2 heterocycles. The number of phenolic OH excluding ortho intramolecular Hbond substituents is 2. The summed E-state index contributed by atoms with van der Waals surface area (Å²) in [5.74, 6) is -0.0328. The van der Waals surface area contributed by atoms with Crippen molar-refractivity contribution in [3.8, 4) is 11.5 Å². The number of aromatic hydroxyl groups is 2. The lowest BCUT2D eigenvalue weighted by Crippen LogP contribution is -2.31. The molecule has 0 aliphatic carbocycles. The maximum Gasteiger partial charge on any atom is 0.249 e. The Kier molecular flexibility index (Phi) is 3.13. The van der Waals surface area contributed by atoms with E-state index in [4.69, 9.17) is 14.2 Å². The number of rotatable bonds is 6. The van der Waals surface area contributed by atoms with Gasteiger partial charge < -0.3 is 24.4 Å². The predicted molar refractivity (Wildman–Crippen MR) is 82.2 cm³/mol. The lowest BCUT2D eigenvalue weighted by atomic mass is 9.77. The van der Waals surface area contributed by atoms with E-state index in [2.05, 4.69) is 6.92 Å². The van der Waals surface area contributed by atoms with E-state index in [1.807, 2.05) is 24.3 Å². The molecule has 2 aromatic carbocycles. The summed E-state index contributed by atoms with van der Waals surface area (Å²) in [5.41, 5.74) is 1.61. The van der Waals surface area contributed by atoms with E-state index in [0.29, 0.717) is 13.2 Å². The number of hydrogen-bond donors (Lipinski definition) is 2. The number of phenols is 2. The SMILES string of the molecule is CC(COCC12OC1O2)(c1ccc(O)cc1)c1ccc(O)cc1. The van der Waals surface area contributed by atoms with E-state index in [1.54, 1.807) is 24.3 Å². The lowest BCUT2D eigenvalue weighted by molar-refractivity contribution is -0.0894. The van der Waals surface area contributed by atoms with Gasteiger partial charge in [0.25, 0.3) is 0 Å². The van der Waals surface area contributed by atoms with Crippen molar-refractivity contribution in [2.45, 2.75) is 24.4 Å². The molecule has 5 nitrogen and oxygen atoms in total. The minimum atomic E-state index is -0.481. The summed E-state index contributed by atoms with van der Waals surface area (Å²) in [4.78, 5) is 0. The average Bonchev–Trinajstić information content (AvgIpc) is 3.38. The van der Waals surface area contributed by atoms with Crippen LogP contribution in [-0.4, -0.2) is 35.5 Å². The fourth-order valence-corrected chi connectivity index (χ4v) is 2.83. The second-order valence-corrected chi connectivity index (χ2v) is 6.30. The molecule has 0 amide bonds. The Bertz CT molecular complexity index is 656. The van der Waals surface area contributed by atoms with Gasteiger partial charge in [0.05, 0.1) is 6.61 Å². The standard InChI is InChI=1S/C18H18O5/c1-17(12-2-6-14(19)7-3-12,13-4-8-15(20)9-5-13)10-21-11-18-16(22-18)23-18/h2-9,16,19-20H,10-11H2,1H3. The minimum Gasteiger partial charge on any atom is -0.508 e. The Morgan fingerprint density at radius 2 is 1.39 bits per heavy atom. The van der Waals surface area contributed by atoms with Crippen molar-refractivity contribution in [2.75, 3.05) is 13.2 Å². The van der Waals surface area contributed by atoms with Gasteiger partial charge in [-0.2, -0.15) is 0 Å². The molecule has 4 rings (SSSR count). The van der Waals surface area contributed by atoms with Gasteiger partial charge in [-0.15, -0.1) is 0 Å². The van der Waals surface area contributed by atoms with E-state index in [1.165, 1.54) is 0 Å². The second kappa shape index (κ2) is 4.96. The van der Waals surface area contributed by atoms with Crippen LogP contribution in [0.2, 0.25) is 0 Å². The quantitative estimate of drug-likeness (QED) is 0.801. The molecule has 120 valence electrons. The zero-order valence-electron chi connectivity index (χ0n) is 12.7. The predicted octanol–water partition coefficient (Wildman–Crippen LogP) is 2.50. The molecule has 2 aromatic rings. The highest BCUT2D eigenvalue weighted by Gasteiger charge is 2.77. The molecule has 2 fully saturated rings. The minimum absolute atomic E-state index is 0.0731. The lowest BCUT2D eigenvalue weighted by Gasteiger charge is -2.31. The zero-order valence-corrected chi connectivity index (χ0v) is 12.7. The Labute approximate surface area is 134 Å². The topological polar surface area (TPSA) is 74.8 Å². The summed E-state index contributed by atoms with van der Waals surface area (Å²) in [6.45, 7) is 2.91. The molecule has 2 aliphatic rings. The molecule has 0 aromatic heterocycles. The normalized spacial score (nSPS) is 25.0. The molecule has 0 radical (unpaired) electrons. The van der Waals surface area contributed by atoms with Crippen molar-refractivity contribution in [3.05, 3.63) is 59.7 Å². The fourth-order valence-electron chi connectivity index (χ4n) is 2.83. The van der Waals surface area contributed by atoms with E-state index < -0.39 is 11.2 Å². The van der Waals surface area contributed by atoms with Crippen LogP contribution in [0, 0.1) is 0 Å². The molecular weight excluding hydrogens is 296 g/mol. The highest BCUT2D eigenvalue weighted by atomic mass is 17.0. The third kappa shape index (κ3) is 2.57. The van der Waals surface area contributed by atoms with E-state index in [-0.39, 0.29) is 17.8 Å². The van der Waals surface area contributed by atoms with Crippen LogP contribution in [-0.2, 0) is 19.6 Å². The van der Waals surface area contributed by atoms with Crippen LogP contribution >= 0.6 is 0 Å². The summed E-state index contributed by atoms with van der Waals surface area (Å²) >= 11 is 0. The van der Waals surface area contributed by atoms with Crippen LogP contribution in [0.15, 0.2) is 48.5 Å². The number of ether oxygens (including phenoxy) is 3. The summed E-state index contributed by atoms with van der Waals surface area (Å²) in [6, 6.07) is 14.2. The Balaban J connectivity index is 1.60. The van der Waals surface area contributed by atoms with Gasteiger partial charge in [-0.1, -0.05) is 24.3 Å². The van der Waals surface area contributed by atoms with Crippen LogP contribution in [0.5, 0.6) is 11.5 Å². The molecule has 0 spiro atoms. The zero-order chi connectivity index (χ0) is 16.1. The molecule has 5 heteroatoms. The molecule has 23 heavy (non-hydrogen) atoms. The van der Waals surface area contributed by atoms with Crippen molar-refractivity contribution in [3.63, 3.8) is 0 Å². The Hall–Kier alpha value is -2.08. The van der Waals surface area contributed by atoms with Crippen LogP contribution in [0.4, 0.5) is 0 Å². The molecule has 2 aliphatic heterocycles. The second-order valence-electron chi connectivity index (χ2n) is 6.30. The van der Waals surface area contributed by atoms with Gasteiger partial charge in [0.15, 0.2) is 0 Å². The smallest absolute Gasteiger partial charge is 0.249 e. The van der Waals surface area contributed by atoms with E-state index in [9.17, 15) is 10.2 Å². The molecule has 2 N–H and O–H groups in total. The number of epoxide rings is 2. The van der Waals surface area contributed by atoms with Crippen LogP contribution in [0.25, 0.3) is 0 Å². The Morgan fingerprint density at radius 1 is 0.957 bits per heavy atom. The van der Waals surface area contributed by atoms with Crippen molar-refractivity contribution in [1.29, 1.82) is 0 Å². The van der Waals surface area contributed by atoms with Crippen LogP contribution in [0.3, 0.4) is 0 Å². The van der Waals surface area contributed by atoms with Gasteiger partial charge in [-0.3, -0.25) is 0 Å². The number of hydrogen-bond acceptors (Lipinski definition) is 5. The molecule has 0 bridgehead atoms. The molecule has 0 saturated carbocycles. The van der Waals surface area contributed by atoms with Crippen LogP contribution in [0.1, 0.15) is 18.1 Å². The fraction of sp³-hybridized carbons (Fsp3) is 0.333. The highest BCUT2D eigenvalue weighted by molar-refractivity contribution is 5.42.